The largest absolute Gasteiger partial charge is 0.490 e. The van der Waals surface area contributed by atoms with Crippen molar-refractivity contribution in [3.63, 3.8) is 0 Å². The molecule has 48 heavy (non-hydrogen) atoms. The van der Waals surface area contributed by atoms with E-state index >= 15 is 0 Å². The Kier molecular flexibility index (Phi) is 13.2. The second-order valence-electron chi connectivity index (χ2n) is 12.8. The quantitative estimate of drug-likeness (QED) is 0.315. The fraction of sp³-hybridized carbons (Fsp3) is 0.459. The number of hydrogen-bond acceptors (Lipinski definition) is 7. The van der Waals surface area contributed by atoms with Gasteiger partial charge in [0.15, 0.2) is 0 Å². The second-order valence-corrected chi connectivity index (χ2v) is 14.9. The number of anilines is 1. The van der Waals surface area contributed by atoms with E-state index in [0.717, 1.165) is 24.0 Å². The molecule has 0 unspecified atom stereocenters. The highest BCUT2D eigenvalue weighted by molar-refractivity contribution is 7.89. The van der Waals surface area contributed by atoms with Gasteiger partial charge in [-0.15, -0.1) is 0 Å². The minimum absolute atomic E-state index is 0.0839. The molecule has 0 bridgehead atoms. The van der Waals surface area contributed by atoms with E-state index in [2.05, 4.69) is 5.32 Å². The highest BCUT2D eigenvalue weighted by Gasteiger charge is 2.32. The molecule has 0 saturated heterocycles. The summed E-state index contributed by atoms with van der Waals surface area (Å²) in [5.74, 6) is -0.507. The molecule has 0 radical (unpaired) electrons. The van der Waals surface area contributed by atoms with Crippen molar-refractivity contribution in [2.24, 2.45) is 5.92 Å². The molecule has 0 fully saturated rings. The molecule has 0 spiro atoms. The molecule has 2 N–H and O–H groups in total. The highest BCUT2D eigenvalue weighted by atomic mass is 32.2. The molecule has 1 aliphatic rings. The van der Waals surface area contributed by atoms with Gasteiger partial charge in [-0.2, -0.15) is 4.31 Å². The van der Waals surface area contributed by atoms with Gasteiger partial charge in [0.25, 0.3) is 5.91 Å². The summed E-state index contributed by atoms with van der Waals surface area (Å²) in [6, 6.07) is 20.6. The number of carbonyl (C=O) groups excluding carboxylic acids is 2. The minimum Gasteiger partial charge on any atom is -0.490 e. The van der Waals surface area contributed by atoms with E-state index in [0.29, 0.717) is 24.5 Å². The molecule has 11 heteroatoms. The van der Waals surface area contributed by atoms with E-state index in [1.165, 1.54) is 4.31 Å². The lowest BCUT2D eigenvalue weighted by Gasteiger charge is -2.35. The normalized spacial score (nSPS) is 20.4. The van der Waals surface area contributed by atoms with Crippen LogP contribution in [0.25, 0.3) is 0 Å². The topological polar surface area (TPSA) is 125 Å². The Labute approximate surface area is 285 Å². The van der Waals surface area contributed by atoms with Crippen LogP contribution in [-0.2, 0) is 26.0 Å². The standard InChI is InChI=1S/C37H49N3O7S/c1-26-14-17-32(18-15-26)48(44,45)39(5)24-35-27(2)23-40(28(3)25-41)37(43)33-22-31(38-36(42)21-30-12-7-6-8-13-30)16-19-34(33)47-29(4)11-9-10-20-46-35/h6-8,12-19,22,27-29,35,41H,9-11,20-21,23-25H2,1-5H3,(H,38,42)/t27-,28+,29-,35+/m1/s1. The van der Waals surface area contributed by atoms with Gasteiger partial charge < -0.3 is 24.8 Å². The van der Waals surface area contributed by atoms with Crippen molar-refractivity contribution in [1.82, 2.24) is 9.21 Å². The maximum atomic E-state index is 14.4. The van der Waals surface area contributed by atoms with Crippen LogP contribution in [0.5, 0.6) is 5.75 Å². The molecule has 0 saturated carbocycles. The fourth-order valence-corrected chi connectivity index (χ4v) is 6.87. The number of hydrogen-bond donors (Lipinski definition) is 2. The van der Waals surface area contributed by atoms with Crippen LogP contribution in [0.1, 0.15) is 61.5 Å². The lowest BCUT2D eigenvalue weighted by atomic mass is 10.0. The van der Waals surface area contributed by atoms with Gasteiger partial charge >= 0.3 is 0 Å². The number of carbonyl (C=O) groups is 2. The number of benzene rings is 3. The zero-order valence-corrected chi connectivity index (χ0v) is 29.4. The first-order valence-corrected chi connectivity index (χ1v) is 18.0. The predicted octanol–water partition coefficient (Wildman–Crippen LogP) is 5.29. The summed E-state index contributed by atoms with van der Waals surface area (Å²) in [6.07, 6.45) is 1.72. The highest BCUT2D eigenvalue weighted by Crippen LogP contribution is 2.29. The first-order chi connectivity index (χ1) is 22.9. The van der Waals surface area contributed by atoms with Crippen molar-refractivity contribution in [2.45, 2.75) is 76.5 Å². The number of amides is 2. The van der Waals surface area contributed by atoms with Crippen molar-refractivity contribution < 1.29 is 32.6 Å². The Balaban J connectivity index is 1.62. The van der Waals surface area contributed by atoms with Gasteiger partial charge in [0.2, 0.25) is 15.9 Å². The van der Waals surface area contributed by atoms with Crippen molar-refractivity contribution >= 4 is 27.5 Å². The zero-order valence-electron chi connectivity index (χ0n) is 28.6. The Hall–Kier alpha value is -3.77. The van der Waals surface area contributed by atoms with E-state index in [9.17, 15) is 23.1 Å². The third-order valence-electron chi connectivity index (χ3n) is 8.71. The lowest BCUT2D eigenvalue weighted by Crippen LogP contribution is -2.48. The van der Waals surface area contributed by atoms with Gasteiger partial charge in [0.1, 0.15) is 5.75 Å². The molecule has 1 heterocycles. The summed E-state index contributed by atoms with van der Waals surface area (Å²) >= 11 is 0. The van der Waals surface area contributed by atoms with Crippen molar-refractivity contribution in [3.05, 3.63) is 89.5 Å². The maximum Gasteiger partial charge on any atom is 0.258 e. The van der Waals surface area contributed by atoms with Crippen LogP contribution in [0, 0.1) is 12.8 Å². The van der Waals surface area contributed by atoms with E-state index in [4.69, 9.17) is 9.47 Å². The predicted molar refractivity (Wildman–Crippen MR) is 187 cm³/mol. The molecule has 3 aromatic carbocycles. The van der Waals surface area contributed by atoms with Crippen LogP contribution in [0.4, 0.5) is 5.69 Å². The van der Waals surface area contributed by atoms with Crippen molar-refractivity contribution in [1.29, 1.82) is 0 Å². The number of aliphatic hydroxyl groups is 1. The number of fused-ring (bicyclic) bond motifs is 1. The molecule has 10 nitrogen and oxygen atoms in total. The Morgan fingerprint density at radius 2 is 1.77 bits per heavy atom. The smallest absolute Gasteiger partial charge is 0.258 e. The molecule has 3 aromatic rings. The molecule has 0 aliphatic carbocycles. The van der Waals surface area contributed by atoms with Gasteiger partial charge in [0, 0.05) is 38.3 Å². The van der Waals surface area contributed by atoms with E-state index in [1.807, 2.05) is 51.1 Å². The van der Waals surface area contributed by atoms with Crippen LogP contribution in [0.15, 0.2) is 77.7 Å². The molecular formula is C37H49N3O7S. The molecule has 4 atom stereocenters. The minimum atomic E-state index is -3.79. The molecule has 4 rings (SSSR count). The number of nitrogens with zero attached hydrogens (tertiary/aromatic N) is 2. The summed E-state index contributed by atoms with van der Waals surface area (Å²) < 4.78 is 40.9. The summed E-state index contributed by atoms with van der Waals surface area (Å²) in [7, 11) is -2.24. The van der Waals surface area contributed by atoms with Crippen molar-refractivity contribution in [2.75, 3.05) is 38.7 Å². The summed E-state index contributed by atoms with van der Waals surface area (Å²) in [6.45, 7) is 7.93. The first-order valence-electron chi connectivity index (χ1n) is 16.6. The van der Waals surface area contributed by atoms with E-state index < -0.39 is 22.2 Å². The summed E-state index contributed by atoms with van der Waals surface area (Å²) in [5, 5.41) is 13.1. The number of nitrogens with one attached hydrogen (secondary N) is 1. The van der Waals surface area contributed by atoms with Crippen LogP contribution >= 0.6 is 0 Å². The zero-order chi connectivity index (χ0) is 34.8. The van der Waals surface area contributed by atoms with Gasteiger partial charge in [0.05, 0.1) is 41.7 Å². The Morgan fingerprint density at radius 1 is 1.06 bits per heavy atom. The summed E-state index contributed by atoms with van der Waals surface area (Å²) in [5.41, 5.74) is 2.55. The number of ether oxygens (including phenoxy) is 2. The van der Waals surface area contributed by atoms with Crippen LogP contribution < -0.4 is 10.1 Å². The van der Waals surface area contributed by atoms with Crippen molar-refractivity contribution in [3.8, 4) is 5.75 Å². The fourth-order valence-electron chi connectivity index (χ4n) is 5.69. The summed E-state index contributed by atoms with van der Waals surface area (Å²) in [4.78, 5) is 29.0. The molecule has 0 aromatic heterocycles. The third kappa shape index (κ3) is 9.88. The number of aliphatic hydroxyl groups excluding tert-OH is 1. The Morgan fingerprint density at radius 3 is 2.46 bits per heavy atom. The van der Waals surface area contributed by atoms with Gasteiger partial charge in [-0.05, 0) is 75.9 Å². The second kappa shape index (κ2) is 17.1. The van der Waals surface area contributed by atoms with Crippen LogP contribution in [0.3, 0.4) is 0 Å². The van der Waals surface area contributed by atoms with Gasteiger partial charge in [-0.25, -0.2) is 8.42 Å². The lowest BCUT2D eigenvalue weighted by molar-refractivity contribution is -0.115. The van der Waals surface area contributed by atoms with Gasteiger partial charge in [-0.1, -0.05) is 55.0 Å². The van der Waals surface area contributed by atoms with E-state index in [-0.39, 0.29) is 60.4 Å². The van der Waals surface area contributed by atoms with Gasteiger partial charge in [-0.3, -0.25) is 9.59 Å². The SMILES string of the molecule is Cc1ccc(S(=O)(=O)N(C)C[C@@H]2OCCCC[C@@H](C)Oc3ccc(NC(=O)Cc4ccccc4)cc3C(=O)N([C@@H](C)CO)C[C@H]2C)cc1. The number of rotatable bonds is 9. The van der Waals surface area contributed by atoms with E-state index in [1.54, 1.807) is 61.3 Å². The monoisotopic (exact) mass is 679 g/mol. The number of likely N-dealkylation sites (N-methyl/N-ethyl adjacent to an activating group) is 1. The molecule has 1 aliphatic heterocycles. The maximum absolute atomic E-state index is 14.4. The number of aryl methyl sites for hydroxylation is 1. The average Bonchev–Trinajstić information content (AvgIpc) is 3.06. The molecule has 260 valence electrons. The van der Waals surface area contributed by atoms with Crippen LogP contribution in [0.2, 0.25) is 0 Å². The molecular weight excluding hydrogens is 630 g/mol. The van der Waals surface area contributed by atoms with Crippen LogP contribution in [-0.4, -0.2) is 86.1 Å². The number of sulfonamides is 1. The molecule has 2 amide bonds. The first kappa shape index (κ1) is 37.1. The Bertz CT molecular complexity index is 1620. The average molecular weight is 680 g/mol. The third-order valence-corrected chi connectivity index (χ3v) is 10.5.